The summed E-state index contributed by atoms with van der Waals surface area (Å²) >= 11 is 0. The molecule has 0 aliphatic heterocycles. The fourth-order valence-corrected chi connectivity index (χ4v) is 1.56. The molecule has 0 amide bonds. The first kappa shape index (κ1) is 10.5. The van der Waals surface area contributed by atoms with Crippen molar-refractivity contribution in [1.82, 2.24) is 4.98 Å². The molecule has 0 bridgehead atoms. The van der Waals surface area contributed by atoms with Crippen LogP contribution in [0, 0.1) is 5.82 Å². The third-order valence-corrected chi connectivity index (χ3v) is 2.29. The van der Waals surface area contributed by atoms with Crippen molar-refractivity contribution in [2.45, 2.75) is 0 Å². The van der Waals surface area contributed by atoms with Gasteiger partial charge in [-0.05, 0) is 12.1 Å². The van der Waals surface area contributed by atoms with Gasteiger partial charge in [0.25, 0.3) is 0 Å². The summed E-state index contributed by atoms with van der Waals surface area (Å²) < 4.78 is 22.7. The van der Waals surface area contributed by atoms with Crippen LogP contribution < -0.4 is 4.74 Å². The van der Waals surface area contributed by atoms with Gasteiger partial charge in [-0.25, -0.2) is 9.18 Å². The van der Waals surface area contributed by atoms with Crippen LogP contribution >= 0.6 is 0 Å². The van der Waals surface area contributed by atoms with Crippen LogP contribution in [0.4, 0.5) is 4.39 Å². The van der Waals surface area contributed by atoms with Crippen LogP contribution in [0.5, 0.6) is 5.75 Å². The number of methoxy groups -OCH3 is 2. The summed E-state index contributed by atoms with van der Waals surface area (Å²) in [5.41, 5.74) is 0.763. The molecule has 0 aliphatic rings. The lowest BCUT2D eigenvalue weighted by molar-refractivity contribution is 0.0595. The van der Waals surface area contributed by atoms with Crippen molar-refractivity contribution < 1.29 is 18.7 Å². The van der Waals surface area contributed by atoms with Crippen LogP contribution in [0.2, 0.25) is 0 Å². The highest BCUT2D eigenvalue weighted by Crippen LogP contribution is 2.27. The molecule has 0 saturated heterocycles. The minimum absolute atomic E-state index is 0.265. The lowest BCUT2D eigenvalue weighted by atomic mass is 10.2. The summed E-state index contributed by atoms with van der Waals surface area (Å²) in [4.78, 5) is 14.0. The molecule has 4 nitrogen and oxygen atoms in total. The first-order valence-corrected chi connectivity index (χ1v) is 4.60. The van der Waals surface area contributed by atoms with E-state index in [9.17, 15) is 9.18 Å². The number of nitrogens with one attached hydrogen (secondary N) is 1. The molecule has 2 rings (SSSR count). The summed E-state index contributed by atoms with van der Waals surface area (Å²) in [6, 6.07) is 4.13. The van der Waals surface area contributed by atoms with Gasteiger partial charge in [0.1, 0.15) is 17.3 Å². The highest BCUT2D eigenvalue weighted by Gasteiger charge is 2.13. The molecular formula is C11H10FNO3. The zero-order valence-electron chi connectivity index (χ0n) is 8.83. The summed E-state index contributed by atoms with van der Waals surface area (Å²) in [5, 5.41) is 0.643. The van der Waals surface area contributed by atoms with E-state index in [1.54, 1.807) is 6.07 Å². The van der Waals surface area contributed by atoms with E-state index in [4.69, 9.17) is 4.74 Å². The molecule has 0 fully saturated rings. The molecule has 0 radical (unpaired) electrons. The van der Waals surface area contributed by atoms with E-state index in [1.165, 1.54) is 26.4 Å². The van der Waals surface area contributed by atoms with Gasteiger partial charge in [-0.3, -0.25) is 0 Å². The Hall–Kier alpha value is -2.04. The molecule has 2 aromatic rings. The van der Waals surface area contributed by atoms with Crippen LogP contribution in [0.3, 0.4) is 0 Å². The number of H-pyrrole nitrogens is 1. The molecule has 0 atom stereocenters. The third-order valence-electron chi connectivity index (χ3n) is 2.29. The summed E-state index contributed by atoms with van der Waals surface area (Å²) in [6.07, 6.45) is 0. The zero-order chi connectivity index (χ0) is 11.7. The van der Waals surface area contributed by atoms with Gasteiger partial charge in [0, 0.05) is 11.5 Å². The second-order valence-corrected chi connectivity index (χ2v) is 3.24. The summed E-state index contributed by atoms with van der Waals surface area (Å²) in [5.74, 6) is -0.553. The molecule has 1 heterocycles. The molecule has 5 heteroatoms. The van der Waals surface area contributed by atoms with E-state index in [0.717, 1.165) is 0 Å². The van der Waals surface area contributed by atoms with Gasteiger partial charge < -0.3 is 14.5 Å². The molecule has 0 aliphatic carbocycles. The first-order valence-electron chi connectivity index (χ1n) is 4.60. The van der Waals surface area contributed by atoms with Crippen LogP contribution in [-0.4, -0.2) is 25.2 Å². The highest BCUT2D eigenvalue weighted by atomic mass is 19.1. The van der Waals surface area contributed by atoms with Gasteiger partial charge in [-0.2, -0.15) is 0 Å². The number of carbonyl (C=O) groups excluding carboxylic acids is 1. The second kappa shape index (κ2) is 3.84. The maximum Gasteiger partial charge on any atom is 0.354 e. The van der Waals surface area contributed by atoms with E-state index in [1.807, 2.05) is 0 Å². The van der Waals surface area contributed by atoms with Crippen LogP contribution in [0.1, 0.15) is 10.5 Å². The summed E-state index contributed by atoms with van der Waals surface area (Å²) in [6.45, 7) is 0. The largest absolute Gasteiger partial charge is 0.496 e. The Morgan fingerprint density at radius 1 is 1.31 bits per heavy atom. The third kappa shape index (κ3) is 1.60. The van der Waals surface area contributed by atoms with Crippen molar-refractivity contribution in [2.24, 2.45) is 0 Å². The van der Waals surface area contributed by atoms with E-state index in [2.05, 4.69) is 9.72 Å². The van der Waals surface area contributed by atoms with E-state index < -0.39 is 11.8 Å². The molecule has 1 aromatic carbocycles. The quantitative estimate of drug-likeness (QED) is 0.793. The Morgan fingerprint density at radius 2 is 2.06 bits per heavy atom. The van der Waals surface area contributed by atoms with Gasteiger partial charge in [-0.15, -0.1) is 0 Å². The van der Waals surface area contributed by atoms with Crippen molar-refractivity contribution in [3.05, 3.63) is 29.7 Å². The minimum atomic E-state index is -0.501. The number of rotatable bonds is 2. The maximum atomic E-state index is 13.2. The molecule has 1 aromatic heterocycles. The van der Waals surface area contributed by atoms with Gasteiger partial charge in [0.05, 0.1) is 19.7 Å². The molecule has 0 spiro atoms. The van der Waals surface area contributed by atoms with Crippen molar-refractivity contribution in [1.29, 1.82) is 0 Å². The van der Waals surface area contributed by atoms with Crippen LogP contribution in [0.25, 0.3) is 10.9 Å². The van der Waals surface area contributed by atoms with Crippen molar-refractivity contribution in [2.75, 3.05) is 14.2 Å². The van der Waals surface area contributed by atoms with Crippen LogP contribution in [0.15, 0.2) is 18.2 Å². The fraction of sp³-hybridized carbons (Fsp3) is 0.182. The monoisotopic (exact) mass is 223 g/mol. The Balaban J connectivity index is 2.64. The number of esters is 1. The number of carbonyl (C=O) groups is 1. The zero-order valence-corrected chi connectivity index (χ0v) is 8.83. The molecule has 1 N–H and O–H groups in total. The van der Waals surface area contributed by atoms with Crippen molar-refractivity contribution in [3.8, 4) is 5.75 Å². The predicted molar refractivity (Wildman–Crippen MR) is 56.1 cm³/mol. The normalized spacial score (nSPS) is 10.4. The SMILES string of the molecule is COC(=O)c1cc2c(OC)cc(F)cc2[nH]1. The Labute approximate surface area is 91.0 Å². The number of halogens is 1. The van der Waals surface area contributed by atoms with Crippen molar-refractivity contribution in [3.63, 3.8) is 0 Å². The smallest absolute Gasteiger partial charge is 0.354 e. The lowest BCUT2D eigenvalue weighted by Gasteiger charge is -2.00. The van der Waals surface area contributed by atoms with E-state index in [-0.39, 0.29) is 5.69 Å². The van der Waals surface area contributed by atoms with E-state index in [0.29, 0.717) is 16.7 Å². The lowest BCUT2D eigenvalue weighted by Crippen LogP contribution is -2.00. The fourth-order valence-electron chi connectivity index (χ4n) is 1.56. The average molecular weight is 223 g/mol. The molecule has 0 unspecified atom stereocenters. The number of hydrogen-bond acceptors (Lipinski definition) is 3. The van der Waals surface area contributed by atoms with Gasteiger partial charge in [-0.1, -0.05) is 0 Å². The maximum absolute atomic E-state index is 13.2. The predicted octanol–water partition coefficient (Wildman–Crippen LogP) is 2.10. The Kier molecular flexibility index (Phi) is 2.52. The first-order chi connectivity index (χ1) is 7.65. The molecule has 0 saturated carbocycles. The number of aromatic nitrogens is 1. The van der Waals surface area contributed by atoms with Crippen LogP contribution in [-0.2, 0) is 4.74 Å². The number of benzene rings is 1. The minimum Gasteiger partial charge on any atom is -0.496 e. The standard InChI is InChI=1S/C11H10FNO3/c1-15-10-4-6(12)3-8-7(10)5-9(13-8)11(14)16-2/h3-5,13H,1-2H3. The van der Waals surface area contributed by atoms with Gasteiger partial charge in [0.15, 0.2) is 0 Å². The Bertz CT molecular complexity index is 547. The second-order valence-electron chi connectivity index (χ2n) is 3.24. The number of ether oxygens (including phenoxy) is 2. The molecule has 16 heavy (non-hydrogen) atoms. The highest BCUT2D eigenvalue weighted by molar-refractivity contribution is 5.97. The van der Waals surface area contributed by atoms with Gasteiger partial charge in [0.2, 0.25) is 0 Å². The Morgan fingerprint density at radius 3 is 2.69 bits per heavy atom. The van der Waals surface area contributed by atoms with E-state index >= 15 is 0 Å². The molecule has 84 valence electrons. The molecular weight excluding hydrogens is 213 g/mol. The number of fused-ring (bicyclic) bond motifs is 1. The average Bonchev–Trinajstić information content (AvgIpc) is 2.70. The topological polar surface area (TPSA) is 51.3 Å². The summed E-state index contributed by atoms with van der Waals surface area (Å²) in [7, 11) is 2.73. The van der Waals surface area contributed by atoms with Gasteiger partial charge >= 0.3 is 5.97 Å². The number of hydrogen-bond donors (Lipinski definition) is 1. The number of aromatic amines is 1. The van der Waals surface area contributed by atoms with Crippen molar-refractivity contribution >= 4 is 16.9 Å².